The minimum absolute atomic E-state index is 0.0335. The molecule has 1 heterocycles. The lowest BCUT2D eigenvalue weighted by Crippen LogP contribution is -2.16. The number of nitrogens with zero attached hydrogens (tertiary/aromatic N) is 2. The Balaban J connectivity index is 2.35. The number of nitrogens with one attached hydrogen (secondary N) is 1. The van der Waals surface area contributed by atoms with Crippen molar-refractivity contribution in [2.24, 2.45) is 5.92 Å². The van der Waals surface area contributed by atoms with Gasteiger partial charge in [-0.15, -0.1) is 0 Å². The minimum atomic E-state index is -0.587. The van der Waals surface area contributed by atoms with E-state index in [1.165, 1.54) is 13.1 Å². The Labute approximate surface area is 102 Å². The highest BCUT2D eigenvalue weighted by Gasteiger charge is 2.32. The van der Waals surface area contributed by atoms with Crippen molar-refractivity contribution >= 4 is 29.0 Å². The molecule has 0 bridgehead atoms. The van der Waals surface area contributed by atoms with Crippen molar-refractivity contribution < 1.29 is 9.72 Å². The molecule has 1 amide bonds. The zero-order valence-corrected chi connectivity index (χ0v) is 9.82. The van der Waals surface area contributed by atoms with Crippen molar-refractivity contribution in [3.63, 3.8) is 0 Å². The van der Waals surface area contributed by atoms with E-state index < -0.39 is 4.92 Å². The summed E-state index contributed by atoms with van der Waals surface area (Å²) in [6, 6.07) is 0. The number of hydrogen-bond donors (Lipinski definition) is 1. The number of carbonyl (C=O) groups is 1. The summed E-state index contributed by atoms with van der Waals surface area (Å²) in [6.45, 7) is 1.52. The number of pyridine rings is 1. The lowest BCUT2D eigenvalue weighted by molar-refractivity contribution is -0.384. The van der Waals surface area contributed by atoms with Crippen LogP contribution in [0.2, 0.25) is 5.02 Å². The minimum Gasteiger partial charge on any atom is -0.305 e. The van der Waals surface area contributed by atoms with E-state index in [-0.39, 0.29) is 28.4 Å². The van der Waals surface area contributed by atoms with E-state index in [9.17, 15) is 14.9 Å². The molecular weight excluding hydrogens is 246 g/mol. The van der Waals surface area contributed by atoms with Crippen molar-refractivity contribution in [2.75, 3.05) is 5.32 Å². The molecule has 7 heteroatoms. The molecule has 1 aliphatic rings. The fourth-order valence-electron chi connectivity index (χ4n) is 1.45. The van der Waals surface area contributed by atoms with Crippen LogP contribution in [0.15, 0.2) is 6.20 Å². The van der Waals surface area contributed by atoms with Crippen LogP contribution in [0.3, 0.4) is 0 Å². The molecule has 6 nitrogen and oxygen atoms in total. The van der Waals surface area contributed by atoms with Gasteiger partial charge >= 0.3 is 5.69 Å². The van der Waals surface area contributed by atoms with Crippen LogP contribution >= 0.6 is 11.6 Å². The maximum atomic E-state index is 11.5. The highest BCUT2D eigenvalue weighted by molar-refractivity contribution is 6.31. The Morgan fingerprint density at radius 1 is 1.65 bits per heavy atom. The van der Waals surface area contributed by atoms with Gasteiger partial charge in [-0.05, 0) is 19.8 Å². The molecule has 2 rings (SSSR count). The van der Waals surface area contributed by atoms with Crippen molar-refractivity contribution in [2.45, 2.75) is 19.8 Å². The summed E-state index contributed by atoms with van der Waals surface area (Å²) in [4.78, 5) is 25.7. The van der Waals surface area contributed by atoms with Crippen LogP contribution in [0, 0.1) is 23.0 Å². The molecule has 0 aromatic carbocycles. The van der Waals surface area contributed by atoms with Gasteiger partial charge in [-0.3, -0.25) is 14.9 Å². The van der Waals surface area contributed by atoms with Crippen LogP contribution in [0.1, 0.15) is 18.4 Å². The first kappa shape index (κ1) is 11.8. The van der Waals surface area contributed by atoms with E-state index in [0.717, 1.165) is 12.8 Å². The largest absolute Gasteiger partial charge is 0.316 e. The number of aromatic nitrogens is 1. The van der Waals surface area contributed by atoms with Crippen LogP contribution < -0.4 is 5.32 Å². The van der Waals surface area contributed by atoms with E-state index in [0.29, 0.717) is 5.56 Å². The molecule has 1 aliphatic carbocycles. The topological polar surface area (TPSA) is 85.1 Å². The van der Waals surface area contributed by atoms with E-state index in [4.69, 9.17) is 11.6 Å². The maximum absolute atomic E-state index is 11.5. The number of hydrogen-bond acceptors (Lipinski definition) is 4. The Hall–Kier alpha value is -1.69. The Morgan fingerprint density at radius 3 is 2.82 bits per heavy atom. The molecule has 1 aromatic heterocycles. The second kappa shape index (κ2) is 4.29. The number of anilines is 1. The number of carbonyl (C=O) groups excluding carboxylic acids is 1. The van der Waals surface area contributed by atoms with Crippen LogP contribution in [0.25, 0.3) is 0 Å². The van der Waals surface area contributed by atoms with E-state index in [1.807, 2.05) is 0 Å². The normalized spacial score (nSPS) is 14.5. The van der Waals surface area contributed by atoms with Gasteiger partial charge in [0.1, 0.15) is 0 Å². The molecule has 0 unspecified atom stereocenters. The molecule has 1 N–H and O–H groups in total. The lowest BCUT2D eigenvalue weighted by atomic mass is 10.2. The number of rotatable bonds is 3. The summed E-state index contributed by atoms with van der Waals surface area (Å²) < 4.78 is 0. The van der Waals surface area contributed by atoms with Crippen LogP contribution in [-0.2, 0) is 4.79 Å². The molecule has 1 saturated carbocycles. The second-order valence-electron chi connectivity index (χ2n) is 3.95. The maximum Gasteiger partial charge on any atom is 0.316 e. The SMILES string of the molecule is Cc1c(Cl)cnc(NC(=O)C2CC2)c1[N+](=O)[O-]. The smallest absolute Gasteiger partial charge is 0.305 e. The van der Waals surface area contributed by atoms with Crippen molar-refractivity contribution in [3.05, 3.63) is 26.9 Å². The van der Waals surface area contributed by atoms with E-state index in [1.54, 1.807) is 0 Å². The fourth-order valence-corrected chi connectivity index (χ4v) is 1.59. The predicted octanol–water partition coefficient (Wildman–Crippen LogP) is 2.30. The van der Waals surface area contributed by atoms with Crippen LogP contribution in [-0.4, -0.2) is 15.8 Å². The van der Waals surface area contributed by atoms with E-state index in [2.05, 4.69) is 10.3 Å². The monoisotopic (exact) mass is 255 g/mol. The lowest BCUT2D eigenvalue weighted by Gasteiger charge is -2.06. The van der Waals surface area contributed by atoms with Crippen LogP contribution in [0.5, 0.6) is 0 Å². The molecule has 0 aliphatic heterocycles. The Morgan fingerprint density at radius 2 is 2.29 bits per heavy atom. The Kier molecular flexibility index (Phi) is 2.97. The third-order valence-corrected chi connectivity index (χ3v) is 3.00. The van der Waals surface area contributed by atoms with Crippen molar-refractivity contribution in [3.8, 4) is 0 Å². The zero-order valence-electron chi connectivity index (χ0n) is 9.07. The van der Waals surface area contributed by atoms with Gasteiger partial charge in [-0.25, -0.2) is 4.98 Å². The second-order valence-corrected chi connectivity index (χ2v) is 4.36. The quantitative estimate of drug-likeness (QED) is 0.663. The van der Waals surface area contributed by atoms with Gasteiger partial charge < -0.3 is 5.32 Å². The molecule has 17 heavy (non-hydrogen) atoms. The molecule has 0 radical (unpaired) electrons. The molecule has 0 atom stereocenters. The van der Waals surface area contributed by atoms with Gasteiger partial charge in [-0.1, -0.05) is 11.6 Å². The zero-order chi connectivity index (χ0) is 12.6. The third-order valence-electron chi connectivity index (χ3n) is 2.62. The van der Waals surface area contributed by atoms with Gasteiger partial charge in [0.15, 0.2) is 0 Å². The highest BCUT2D eigenvalue weighted by atomic mass is 35.5. The summed E-state index contributed by atoms with van der Waals surface area (Å²) in [5, 5.41) is 13.6. The molecule has 1 fully saturated rings. The molecule has 0 saturated heterocycles. The molecule has 1 aromatic rings. The summed E-state index contributed by atoms with van der Waals surface area (Å²) in [6.07, 6.45) is 2.95. The summed E-state index contributed by atoms with van der Waals surface area (Å²) >= 11 is 5.76. The van der Waals surface area contributed by atoms with Crippen molar-refractivity contribution in [1.29, 1.82) is 0 Å². The van der Waals surface area contributed by atoms with Gasteiger partial charge in [0, 0.05) is 12.1 Å². The first-order valence-corrected chi connectivity index (χ1v) is 5.49. The average molecular weight is 256 g/mol. The van der Waals surface area contributed by atoms with E-state index >= 15 is 0 Å². The fraction of sp³-hybridized carbons (Fsp3) is 0.400. The van der Waals surface area contributed by atoms with Crippen LogP contribution in [0.4, 0.5) is 11.5 Å². The Bertz CT molecular complexity index is 500. The number of halogens is 1. The van der Waals surface area contributed by atoms with Gasteiger partial charge in [0.25, 0.3) is 0 Å². The van der Waals surface area contributed by atoms with Gasteiger partial charge in [-0.2, -0.15) is 0 Å². The predicted molar refractivity (Wildman–Crippen MR) is 62.0 cm³/mol. The average Bonchev–Trinajstić information content (AvgIpc) is 3.06. The molecule has 0 spiro atoms. The summed E-state index contributed by atoms with van der Waals surface area (Å²) in [5.74, 6) is -0.288. The first-order chi connectivity index (χ1) is 8.00. The molecular formula is C10H10ClN3O3. The standard InChI is InChI=1S/C10H10ClN3O3/c1-5-7(11)4-12-9(8(5)14(16)17)13-10(15)6-2-3-6/h4,6H,2-3H2,1H3,(H,12,13,15). The number of amides is 1. The van der Waals surface area contributed by atoms with Gasteiger partial charge in [0.2, 0.25) is 11.7 Å². The van der Waals surface area contributed by atoms with Crippen molar-refractivity contribution in [1.82, 2.24) is 4.98 Å². The summed E-state index contributed by atoms with van der Waals surface area (Å²) in [7, 11) is 0. The number of nitro groups is 1. The highest BCUT2D eigenvalue weighted by Crippen LogP contribution is 2.34. The van der Waals surface area contributed by atoms with Gasteiger partial charge in [0.05, 0.1) is 15.5 Å². The molecule has 90 valence electrons. The summed E-state index contributed by atoms with van der Waals surface area (Å²) in [5.41, 5.74) is 0.0595. The third kappa shape index (κ3) is 2.36. The first-order valence-electron chi connectivity index (χ1n) is 5.11.